The lowest BCUT2D eigenvalue weighted by Crippen LogP contribution is -2.59. The second kappa shape index (κ2) is 10.9. The lowest BCUT2D eigenvalue weighted by Gasteiger charge is -2.40. The molecular weight excluding hydrogens is 332 g/mol. The zero-order valence-electron chi connectivity index (χ0n) is 13.8. The van der Waals surface area contributed by atoms with Gasteiger partial charge >= 0.3 is 5.97 Å². The molecule has 0 aromatic carbocycles. The van der Waals surface area contributed by atoms with E-state index < -0.39 is 43.4 Å². The highest BCUT2D eigenvalue weighted by atomic mass is 16.7. The van der Waals surface area contributed by atoms with E-state index in [9.17, 15) is 20.1 Å². The predicted molar refractivity (Wildman–Crippen MR) is 85.6 cm³/mol. The van der Waals surface area contributed by atoms with Gasteiger partial charge in [-0.2, -0.15) is 0 Å². The van der Waals surface area contributed by atoms with E-state index in [4.69, 9.17) is 14.6 Å². The molecule has 0 bridgehead atoms. The van der Waals surface area contributed by atoms with Crippen LogP contribution in [0.2, 0.25) is 0 Å². The monoisotopic (exact) mass is 354 g/mol. The van der Waals surface area contributed by atoms with Gasteiger partial charge in [0.2, 0.25) is 0 Å². The number of methoxy groups -OCH3 is 1. The summed E-state index contributed by atoms with van der Waals surface area (Å²) in [6.45, 7) is 2.98. The van der Waals surface area contributed by atoms with Crippen LogP contribution in [0.5, 0.6) is 0 Å². The molecule has 1 aliphatic rings. The minimum atomic E-state index is -1.53. The summed E-state index contributed by atoms with van der Waals surface area (Å²) in [6, 6.07) is 0. The summed E-state index contributed by atoms with van der Waals surface area (Å²) in [5, 5.41) is 38.4. The van der Waals surface area contributed by atoms with E-state index >= 15 is 0 Å². The lowest BCUT2D eigenvalue weighted by molar-refractivity contribution is -0.303. The third-order valence-electron chi connectivity index (χ3n) is 3.39. The molecule has 0 spiro atoms. The van der Waals surface area contributed by atoms with E-state index in [1.165, 1.54) is 13.2 Å². The van der Waals surface area contributed by atoms with Gasteiger partial charge in [0.05, 0.1) is 20.1 Å². The highest BCUT2D eigenvalue weighted by Crippen LogP contribution is 2.22. The highest BCUT2D eigenvalue weighted by molar-refractivity contribution is 5.69. The van der Waals surface area contributed by atoms with Gasteiger partial charge < -0.3 is 34.6 Å². The molecule has 0 radical (unpaired) electrons. The molecule has 6 atom stereocenters. The van der Waals surface area contributed by atoms with E-state index in [2.05, 4.69) is 35.0 Å². The third-order valence-corrected chi connectivity index (χ3v) is 3.39. The first-order chi connectivity index (χ1) is 11.9. The van der Waals surface area contributed by atoms with Gasteiger partial charge in [0.15, 0.2) is 6.29 Å². The zero-order chi connectivity index (χ0) is 18.8. The number of aliphatic hydroxyl groups excluding tert-OH is 4. The normalized spacial score (nSPS) is 29.4. The van der Waals surface area contributed by atoms with Crippen molar-refractivity contribution in [3.63, 3.8) is 0 Å². The van der Waals surface area contributed by atoms with Crippen molar-refractivity contribution >= 4 is 5.97 Å². The van der Waals surface area contributed by atoms with Crippen LogP contribution in [0.1, 0.15) is 12.8 Å². The van der Waals surface area contributed by atoms with Crippen molar-refractivity contribution in [2.75, 3.05) is 13.7 Å². The van der Waals surface area contributed by atoms with Gasteiger partial charge in [-0.15, -0.1) is 0 Å². The molecule has 1 saturated heterocycles. The molecule has 1 rings (SSSR count). The van der Waals surface area contributed by atoms with E-state index in [0.29, 0.717) is 6.42 Å². The Morgan fingerprint density at radius 2 is 2.00 bits per heavy atom. The fourth-order valence-electron chi connectivity index (χ4n) is 1.95. The van der Waals surface area contributed by atoms with Gasteiger partial charge in [-0.1, -0.05) is 24.5 Å². The Labute approximate surface area is 146 Å². The third kappa shape index (κ3) is 6.48. The van der Waals surface area contributed by atoms with Crippen LogP contribution in [0, 0.1) is 23.7 Å². The molecule has 1 heterocycles. The SMILES string of the molecule is C=C[C@H](C#CC#CCCC(=O)OC)O[C@@H]1O[C@H](CO)[C@@H](O)[C@H](O)[C@H]1O. The Hall–Kier alpha value is -1.91. The number of aliphatic hydroxyl groups is 4. The number of hydrogen-bond donors (Lipinski definition) is 4. The molecule has 1 aliphatic heterocycles. The largest absolute Gasteiger partial charge is 0.469 e. The van der Waals surface area contributed by atoms with Gasteiger partial charge in [0.1, 0.15) is 30.5 Å². The lowest BCUT2D eigenvalue weighted by atomic mass is 9.99. The molecule has 1 fully saturated rings. The molecule has 8 nitrogen and oxygen atoms in total. The number of esters is 1. The maximum Gasteiger partial charge on any atom is 0.306 e. The number of carbonyl (C=O) groups is 1. The maximum absolute atomic E-state index is 10.9. The first-order valence-corrected chi connectivity index (χ1v) is 7.58. The number of hydrogen-bond acceptors (Lipinski definition) is 8. The maximum atomic E-state index is 10.9. The van der Waals surface area contributed by atoms with Crippen LogP contribution < -0.4 is 0 Å². The highest BCUT2D eigenvalue weighted by Gasteiger charge is 2.44. The molecule has 0 saturated carbocycles. The fourth-order valence-corrected chi connectivity index (χ4v) is 1.95. The second-order valence-corrected chi connectivity index (χ2v) is 5.14. The van der Waals surface area contributed by atoms with Gasteiger partial charge in [-0.05, 0) is 11.8 Å². The number of ether oxygens (including phenoxy) is 3. The minimum absolute atomic E-state index is 0.164. The zero-order valence-corrected chi connectivity index (χ0v) is 13.8. The van der Waals surface area contributed by atoms with Crippen LogP contribution in [0.3, 0.4) is 0 Å². The van der Waals surface area contributed by atoms with Crippen LogP contribution in [-0.2, 0) is 19.0 Å². The van der Waals surface area contributed by atoms with Crippen molar-refractivity contribution in [3.8, 4) is 23.7 Å². The Bertz CT molecular complexity index is 565. The van der Waals surface area contributed by atoms with Crippen LogP contribution in [0.4, 0.5) is 0 Å². The van der Waals surface area contributed by atoms with Gasteiger partial charge in [0, 0.05) is 6.42 Å². The van der Waals surface area contributed by atoms with Crippen LogP contribution >= 0.6 is 0 Å². The van der Waals surface area contributed by atoms with Crippen LogP contribution in [-0.4, -0.2) is 76.9 Å². The molecule has 0 aromatic heterocycles. The first kappa shape index (κ1) is 21.1. The Balaban J connectivity index is 2.61. The molecule has 0 unspecified atom stereocenters. The van der Waals surface area contributed by atoms with E-state index in [1.54, 1.807) is 0 Å². The summed E-state index contributed by atoms with van der Waals surface area (Å²) in [5.41, 5.74) is 0. The van der Waals surface area contributed by atoms with Crippen molar-refractivity contribution in [3.05, 3.63) is 12.7 Å². The quantitative estimate of drug-likeness (QED) is 0.253. The number of carbonyl (C=O) groups excluding carboxylic acids is 1. The summed E-state index contributed by atoms with van der Waals surface area (Å²) < 4.78 is 15.1. The average Bonchev–Trinajstić information content (AvgIpc) is 2.63. The average molecular weight is 354 g/mol. The molecule has 25 heavy (non-hydrogen) atoms. The molecule has 0 aromatic rings. The smallest absolute Gasteiger partial charge is 0.306 e. The Kier molecular flexibility index (Phi) is 9.17. The van der Waals surface area contributed by atoms with Crippen molar-refractivity contribution in [1.29, 1.82) is 0 Å². The fraction of sp³-hybridized carbons (Fsp3) is 0.588. The van der Waals surface area contributed by atoms with Crippen LogP contribution in [0.25, 0.3) is 0 Å². The summed E-state index contributed by atoms with van der Waals surface area (Å²) >= 11 is 0. The van der Waals surface area contributed by atoms with Crippen molar-refractivity contribution in [2.45, 2.75) is 49.7 Å². The summed E-state index contributed by atoms with van der Waals surface area (Å²) in [7, 11) is 1.29. The van der Waals surface area contributed by atoms with E-state index in [0.717, 1.165) is 0 Å². The Morgan fingerprint density at radius 3 is 2.60 bits per heavy atom. The summed E-state index contributed by atoms with van der Waals surface area (Å²) in [6.07, 6.45) is -5.96. The molecular formula is C17H22O8. The van der Waals surface area contributed by atoms with Gasteiger partial charge in [0.25, 0.3) is 0 Å². The second-order valence-electron chi connectivity index (χ2n) is 5.14. The molecule has 0 amide bonds. The standard InChI is InChI=1S/C17H22O8/c1-3-11(8-6-4-5-7-9-13(19)23-2)24-17-16(22)15(21)14(20)12(10-18)25-17/h3,11-12,14-18,20-22H,1,7,9-10H2,2H3/t11-,12-,14-,15+,16-,17-/m1/s1. The van der Waals surface area contributed by atoms with Crippen molar-refractivity contribution in [2.24, 2.45) is 0 Å². The first-order valence-electron chi connectivity index (χ1n) is 7.58. The molecule has 8 heteroatoms. The minimum Gasteiger partial charge on any atom is -0.469 e. The van der Waals surface area contributed by atoms with E-state index in [-0.39, 0.29) is 12.4 Å². The summed E-state index contributed by atoms with van der Waals surface area (Å²) in [4.78, 5) is 10.9. The molecule has 4 N–H and O–H groups in total. The summed E-state index contributed by atoms with van der Waals surface area (Å²) in [5.74, 6) is 9.98. The van der Waals surface area contributed by atoms with Gasteiger partial charge in [-0.25, -0.2) is 0 Å². The molecule has 138 valence electrons. The molecule has 0 aliphatic carbocycles. The van der Waals surface area contributed by atoms with Gasteiger partial charge in [-0.3, -0.25) is 4.79 Å². The van der Waals surface area contributed by atoms with Crippen molar-refractivity contribution < 1.29 is 39.4 Å². The Morgan fingerprint density at radius 1 is 1.28 bits per heavy atom. The van der Waals surface area contributed by atoms with E-state index in [1.807, 2.05) is 0 Å². The van der Waals surface area contributed by atoms with Crippen molar-refractivity contribution in [1.82, 2.24) is 0 Å². The number of rotatable bonds is 6. The topological polar surface area (TPSA) is 126 Å². The van der Waals surface area contributed by atoms with Crippen LogP contribution in [0.15, 0.2) is 12.7 Å². The predicted octanol–water partition coefficient (Wildman–Crippen LogP) is -1.68.